The van der Waals surface area contributed by atoms with Gasteiger partial charge in [0.15, 0.2) is 0 Å². The third-order valence-corrected chi connectivity index (χ3v) is 3.94. The van der Waals surface area contributed by atoms with Crippen LogP contribution in [0.25, 0.3) is 0 Å². The van der Waals surface area contributed by atoms with Gasteiger partial charge in [-0.2, -0.15) is 0 Å². The molecule has 16 heavy (non-hydrogen) atoms. The zero-order chi connectivity index (χ0) is 11.6. The summed E-state index contributed by atoms with van der Waals surface area (Å²) in [6.45, 7) is 10.9. The third-order valence-electron chi connectivity index (χ3n) is 3.94. The molecule has 2 rings (SSSR count). The van der Waals surface area contributed by atoms with E-state index in [9.17, 15) is 0 Å². The lowest BCUT2D eigenvalue weighted by Crippen LogP contribution is -2.53. The van der Waals surface area contributed by atoms with Gasteiger partial charge < -0.3 is 10.2 Å². The maximum absolute atomic E-state index is 3.65. The van der Waals surface area contributed by atoms with Gasteiger partial charge in [-0.1, -0.05) is 0 Å². The van der Waals surface area contributed by atoms with Gasteiger partial charge in [0, 0.05) is 24.7 Å². The largest absolute Gasteiger partial charge is 0.310 e. The Balaban J connectivity index is 1.96. The number of nitrogens with zero attached hydrogens (tertiary/aromatic N) is 2. The highest BCUT2D eigenvalue weighted by molar-refractivity contribution is 4.89. The standard InChI is InChI=1S/C13H27N3/c1-13(2)11-16(9-5-7-14-13)12-6-4-8-15(3)10-12/h12,14H,4-11H2,1-3H3. The Morgan fingerprint density at radius 3 is 2.75 bits per heavy atom. The Kier molecular flexibility index (Phi) is 3.88. The number of hydrogen-bond acceptors (Lipinski definition) is 3. The van der Waals surface area contributed by atoms with Gasteiger partial charge in [-0.05, 0) is 59.8 Å². The second kappa shape index (κ2) is 5.03. The quantitative estimate of drug-likeness (QED) is 0.722. The van der Waals surface area contributed by atoms with Crippen LogP contribution in [0.4, 0.5) is 0 Å². The van der Waals surface area contributed by atoms with Gasteiger partial charge in [-0.25, -0.2) is 0 Å². The number of rotatable bonds is 1. The van der Waals surface area contributed by atoms with Crippen molar-refractivity contribution in [3.8, 4) is 0 Å². The predicted octanol–water partition coefficient (Wildman–Crippen LogP) is 1.15. The van der Waals surface area contributed by atoms with E-state index in [1.54, 1.807) is 0 Å². The predicted molar refractivity (Wildman–Crippen MR) is 68.8 cm³/mol. The van der Waals surface area contributed by atoms with Gasteiger partial charge in [0.1, 0.15) is 0 Å². The molecule has 2 aliphatic heterocycles. The normalized spacial score (nSPS) is 33.6. The molecule has 94 valence electrons. The average molecular weight is 225 g/mol. The van der Waals surface area contributed by atoms with Crippen molar-refractivity contribution in [1.29, 1.82) is 0 Å². The molecule has 0 aliphatic carbocycles. The van der Waals surface area contributed by atoms with E-state index in [0.29, 0.717) is 0 Å². The molecule has 0 aromatic rings. The Morgan fingerprint density at radius 2 is 2.00 bits per heavy atom. The summed E-state index contributed by atoms with van der Waals surface area (Å²) in [7, 11) is 2.26. The fourth-order valence-electron chi connectivity index (χ4n) is 3.10. The van der Waals surface area contributed by atoms with Gasteiger partial charge in [-0.3, -0.25) is 4.90 Å². The molecule has 0 aromatic carbocycles. The first-order valence-electron chi connectivity index (χ1n) is 6.74. The summed E-state index contributed by atoms with van der Waals surface area (Å²) in [6.07, 6.45) is 4.05. The fraction of sp³-hybridized carbons (Fsp3) is 1.00. The number of piperidine rings is 1. The smallest absolute Gasteiger partial charge is 0.0252 e. The second-order valence-corrected chi connectivity index (χ2v) is 6.19. The molecule has 1 atom stereocenters. The first-order valence-corrected chi connectivity index (χ1v) is 6.74. The van der Waals surface area contributed by atoms with Crippen molar-refractivity contribution >= 4 is 0 Å². The van der Waals surface area contributed by atoms with Crippen LogP contribution >= 0.6 is 0 Å². The molecule has 2 fully saturated rings. The molecule has 0 amide bonds. The summed E-state index contributed by atoms with van der Waals surface area (Å²) >= 11 is 0. The van der Waals surface area contributed by atoms with Crippen LogP contribution in [-0.2, 0) is 0 Å². The van der Waals surface area contributed by atoms with Crippen molar-refractivity contribution < 1.29 is 0 Å². The summed E-state index contributed by atoms with van der Waals surface area (Å²) in [5.41, 5.74) is 0.284. The highest BCUT2D eigenvalue weighted by Crippen LogP contribution is 2.19. The number of nitrogens with one attached hydrogen (secondary N) is 1. The Bertz CT molecular complexity index is 227. The van der Waals surface area contributed by atoms with Gasteiger partial charge in [-0.15, -0.1) is 0 Å². The van der Waals surface area contributed by atoms with E-state index >= 15 is 0 Å². The number of hydrogen-bond donors (Lipinski definition) is 1. The molecular formula is C13H27N3. The van der Waals surface area contributed by atoms with Crippen molar-refractivity contribution in [3.05, 3.63) is 0 Å². The van der Waals surface area contributed by atoms with E-state index in [4.69, 9.17) is 0 Å². The lowest BCUT2D eigenvalue weighted by molar-refractivity contribution is 0.0994. The molecule has 0 saturated carbocycles. The maximum Gasteiger partial charge on any atom is 0.0252 e. The first kappa shape index (κ1) is 12.3. The van der Waals surface area contributed by atoms with E-state index in [2.05, 4.69) is 36.0 Å². The van der Waals surface area contributed by atoms with Crippen LogP contribution in [0, 0.1) is 0 Å². The van der Waals surface area contributed by atoms with E-state index in [1.807, 2.05) is 0 Å². The highest BCUT2D eigenvalue weighted by Gasteiger charge is 2.30. The third kappa shape index (κ3) is 3.19. The average Bonchev–Trinajstić information content (AvgIpc) is 2.39. The zero-order valence-corrected chi connectivity index (χ0v) is 11.1. The van der Waals surface area contributed by atoms with Crippen LogP contribution in [-0.4, -0.2) is 61.2 Å². The topological polar surface area (TPSA) is 18.5 Å². The van der Waals surface area contributed by atoms with Crippen LogP contribution in [0.5, 0.6) is 0 Å². The van der Waals surface area contributed by atoms with E-state index < -0.39 is 0 Å². The summed E-state index contributed by atoms with van der Waals surface area (Å²) in [5.74, 6) is 0. The molecule has 2 saturated heterocycles. The molecule has 1 N–H and O–H groups in total. The molecular weight excluding hydrogens is 198 g/mol. The summed E-state index contributed by atoms with van der Waals surface area (Å²) in [6, 6.07) is 0.790. The molecule has 3 nitrogen and oxygen atoms in total. The van der Waals surface area contributed by atoms with Crippen molar-refractivity contribution in [2.75, 3.05) is 39.8 Å². The fourth-order valence-corrected chi connectivity index (χ4v) is 3.10. The zero-order valence-electron chi connectivity index (χ0n) is 11.1. The molecule has 0 radical (unpaired) electrons. The Labute approximate surface area is 100 Å². The van der Waals surface area contributed by atoms with Crippen LogP contribution < -0.4 is 5.32 Å². The Morgan fingerprint density at radius 1 is 1.19 bits per heavy atom. The summed E-state index contributed by atoms with van der Waals surface area (Å²) in [4.78, 5) is 5.20. The van der Waals surface area contributed by atoms with Crippen LogP contribution in [0.3, 0.4) is 0 Å². The lowest BCUT2D eigenvalue weighted by atomic mass is 10.0. The van der Waals surface area contributed by atoms with Crippen LogP contribution in [0.2, 0.25) is 0 Å². The highest BCUT2D eigenvalue weighted by atomic mass is 15.2. The van der Waals surface area contributed by atoms with E-state index in [1.165, 1.54) is 52.0 Å². The maximum atomic E-state index is 3.65. The van der Waals surface area contributed by atoms with Gasteiger partial charge >= 0.3 is 0 Å². The molecule has 3 heteroatoms. The number of likely N-dealkylation sites (tertiary alicyclic amines) is 1. The molecule has 2 aliphatic rings. The molecule has 1 unspecified atom stereocenters. The minimum absolute atomic E-state index is 0.284. The minimum Gasteiger partial charge on any atom is -0.310 e. The Hall–Kier alpha value is -0.120. The molecule has 0 aromatic heterocycles. The second-order valence-electron chi connectivity index (χ2n) is 6.19. The van der Waals surface area contributed by atoms with Crippen molar-refractivity contribution in [2.24, 2.45) is 0 Å². The van der Waals surface area contributed by atoms with E-state index in [-0.39, 0.29) is 5.54 Å². The van der Waals surface area contributed by atoms with Crippen molar-refractivity contribution in [1.82, 2.24) is 15.1 Å². The molecule has 0 bridgehead atoms. The number of likely N-dealkylation sites (N-methyl/N-ethyl adjacent to an activating group) is 1. The lowest BCUT2D eigenvalue weighted by Gasteiger charge is -2.40. The summed E-state index contributed by atoms with van der Waals surface area (Å²) in [5, 5.41) is 3.65. The SMILES string of the molecule is CN1CCCC(N2CCCNC(C)(C)C2)C1. The molecule has 0 spiro atoms. The van der Waals surface area contributed by atoms with Crippen molar-refractivity contribution in [2.45, 2.75) is 44.7 Å². The van der Waals surface area contributed by atoms with Crippen LogP contribution in [0.1, 0.15) is 33.1 Å². The van der Waals surface area contributed by atoms with Crippen LogP contribution in [0.15, 0.2) is 0 Å². The van der Waals surface area contributed by atoms with E-state index in [0.717, 1.165) is 6.04 Å². The first-order chi connectivity index (χ1) is 7.57. The van der Waals surface area contributed by atoms with Gasteiger partial charge in [0.2, 0.25) is 0 Å². The summed E-state index contributed by atoms with van der Waals surface area (Å²) < 4.78 is 0. The molecule has 2 heterocycles. The van der Waals surface area contributed by atoms with Gasteiger partial charge in [0.05, 0.1) is 0 Å². The minimum atomic E-state index is 0.284. The van der Waals surface area contributed by atoms with Gasteiger partial charge in [0.25, 0.3) is 0 Å². The van der Waals surface area contributed by atoms with Crippen molar-refractivity contribution in [3.63, 3.8) is 0 Å². The monoisotopic (exact) mass is 225 g/mol.